The van der Waals surface area contributed by atoms with E-state index < -0.39 is 5.97 Å². The number of rotatable bonds is 8. The van der Waals surface area contributed by atoms with Crippen molar-refractivity contribution >= 4 is 17.5 Å². The van der Waals surface area contributed by atoms with Gasteiger partial charge in [0, 0.05) is 11.1 Å². The Morgan fingerprint density at radius 1 is 0.800 bits per heavy atom. The van der Waals surface area contributed by atoms with Crippen molar-refractivity contribution in [2.45, 2.75) is 6.92 Å². The molecule has 6 heteroatoms. The van der Waals surface area contributed by atoms with E-state index in [0.29, 0.717) is 22.6 Å². The lowest BCUT2D eigenvalue weighted by atomic mass is 10.1. The highest BCUT2D eigenvalue weighted by molar-refractivity contribution is 5.98. The highest BCUT2D eigenvalue weighted by Crippen LogP contribution is 2.13. The second-order valence-corrected chi connectivity index (χ2v) is 5.18. The minimum absolute atomic E-state index is 0.0528. The molecule has 6 nitrogen and oxygen atoms in total. The minimum atomic E-state index is -0.655. The molecule has 0 aliphatic heterocycles. The van der Waals surface area contributed by atoms with E-state index in [-0.39, 0.29) is 24.8 Å². The van der Waals surface area contributed by atoms with Crippen molar-refractivity contribution in [1.82, 2.24) is 0 Å². The Morgan fingerprint density at radius 2 is 1.36 bits per heavy atom. The summed E-state index contributed by atoms with van der Waals surface area (Å²) >= 11 is 0. The maximum Gasteiger partial charge on any atom is 0.344 e. The monoisotopic (exact) mass is 342 g/mol. The largest absolute Gasteiger partial charge is 0.497 e. The Bertz CT molecular complexity index is 746. The van der Waals surface area contributed by atoms with Crippen LogP contribution < -0.4 is 9.47 Å². The van der Waals surface area contributed by atoms with Crippen molar-refractivity contribution in [2.75, 3.05) is 20.3 Å². The first-order valence-electron chi connectivity index (χ1n) is 7.56. The van der Waals surface area contributed by atoms with Gasteiger partial charge >= 0.3 is 5.97 Å². The molecular formula is C19H18O6. The van der Waals surface area contributed by atoms with Crippen LogP contribution in [-0.4, -0.2) is 37.9 Å². The van der Waals surface area contributed by atoms with Gasteiger partial charge in [-0.15, -0.1) is 0 Å². The number of benzene rings is 2. The molecule has 0 aliphatic rings. The quantitative estimate of drug-likeness (QED) is 0.542. The van der Waals surface area contributed by atoms with E-state index in [9.17, 15) is 14.4 Å². The molecule has 0 saturated carbocycles. The molecule has 0 heterocycles. The van der Waals surface area contributed by atoms with Gasteiger partial charge in [0.15, 0.2) is 24.8 Å². The number of Topliss-reactive ketones (excluding diaryl/α,β-unsaturated/α-hetero) is 2. The number of methoxy groups -OCH3 is 1. The second-order valence-electron chi connectivity index (χ2n) is 5.18. The number of carbonyl (C=O) groups excluding carboxylic acids is 3. The molecule has 0 bridgehead atoms. The number of hydrogen-bond donors (Lipinski definition) is 0. The van der Waals surface area contributed by atoms with Crippen LogP contribution in [0.15, 0.2) is 48.5 Å². The molecule has 2 rings (SSSR count). The normalized spacial score (nSPS) is 10.0. The summed E-state index contributed by atoms with van der Waals surface area (Å²) in [7, 11) is 1.53. The summed E-state index contributed by atoms with van der Waals surface area (Å²) in [6.45, 7) is 0.778. The zero-order valence-electron chi connectivity index (χ0n) is 14.0. The van der Waals surface area contributed by atoms with Gasteiger partial charge < -0.3 is 14.2 Å². The SMILES string of the molecule is COc1ccc(C(=O)COC(=O)COc2ccc(C(C)=O)cc2)cc1. The molecule has 0 atom stereocenters. The summed E-state index contributed by atoms with van der Waals surface area (Å²) in [6, 6.07) is 12.9. The second kappa shape index (κ2) is 8.63. The predicted octanol–water partition coefficient (Wildman–Crippen LogP) is 2.70. The van der Waals surface area contributed by atoms with Gasteiger partial charge in [0.25, 0.3) is 0 Å². The predicted molar refractivity (Wildman–Crippen MR) is 90.2 cm³/mol. The van der Waals surface area contributed by atoms with E-state index in [1.165, 1.54) is 14.0 Å². The van der Waals surface area contributed by atoms with Crippen molar-refractivity contribution in [3.8, 4) is 11.5 Å². The third-order valence-corrected chi connectivity index (χ3v) is 3.39. The summed E-state index contributed by atoms with van der Waals surface area (Å²) in [6.07, 6.45) is 0. The standard InChI is InChI=1S/C19H18O6/c1-13(20)14-3-9-17(10-4-14)24-12-19(22)25-11-18(21)15-5-7-16(23-2)8-6-15/h3-10H,11-12H2,1-2H3. The maximum absolute atomic E-state index is 11.9. The minimum Gasteiger partial charge on any atom is -0.497 e. The average molecular weight is 342 g/mol. The van der Waals surface area contributed by atoms with Gasteiger partial charge in [-0.2, -0.15) is 0 Å². The Balaban J connectivity index is 1.77. The Labute approximate surface area is 145 Å². The molecule has 2 aromatic carbocycles. The van der Waals surface area contributed by atoms with Crippen LogP contribution in [0.3, 0.4) is 0 Å². The molecule has 0 spiro atoms. The van der Waals surface area contributed by atoms with Crippen molar-refractivity contribution in [1.29, 1.82) is 0 Å². The van der Waals surface area contributed by atoms with Crippen LogP contribution in [0, 0.1) is 0 Å². The molecule has 0 N–H and O–H groups in total. The van der Waals surface area contributed by atoms with Gasteiger partial charge in [-0.25, -0.2) is 4.79 Å². The van der Waals surface area contributed by atoms with E-state index in [1.54, 1.807) is 48.5 Å². The smallest absolute Gasteiger partial charge is 0.344 e. The van der Waals surface area contributed by atoms with Gasteiger partial charge in [0.05, 0.1) is 7.11 Å². The number of carbonyl (C=O) groups is 3. The van der Waals surface area contributed by atoms with E-state index in [4.69, 9.17) is 14.2 Å². The third-order valence-electron chi connectivity index (χ3n) is 3.39. The lowest BCUT2D eigenvalue weighted by Gasteiger charge is -2.07. The molecule has 0 fully saturated rings. The fraction of sp³-hybridized carbons (Fsp3) is 0.211. The van der Waals surface area contributed by atoms with Crippen molar-refractivity contribution in [3.63, 3.8) is 0 Å². The van der Waals surface area contributed by atoms with Crippen molar-refractivity contribution in [3.05, 3.63) is 59.7 Å². The van der Waals surface area contributed by atoms with Gasteiger partial charge in [-0.1, -0.05) is 0 Å². The lowest BCUT2D eigenvalue weighted by Crippen LogP contribution is -2.19. The van der Waals surface area contributed by atoms with E-state index in [0.717, 1.165) is 0 Å². The van der Waals surface area contributed by atoms with Gasteiger partial charge in [-0.05, 0) is 55.5 Å². The van der Waals surface area contributed by atoms with E-state index >= 15 is 0 Å². The number of hydrogen-bond acceptors (Lipinski definition) is 6. The fourth-order valence-corrected chi connectivity index (χ4v) is 1.98. The first-order chi connectivity index (χ1) is 12.0. The zero-order valence-corrected chi connectivity index (χ0v) is 14.0. The Morgan fingerprint density at radius 3 is 1.92 bits per heavy atom. The van der Waals surface area contributed by atoms with Crippen molar-refractivity contribution in [2.24, 2.45) is 0 Å². The molecule has 0 amide bonds. The summed E-state index contributed by atoms with van der Waals surface area (Å²) in [5, 5.41) is 0. The van der Waals surface area contributed by atoms with Crippen LogP contribution in [0.5, 0.6) is 11.5 Å². The molecule has 0 unspecified atom stereocenters. The van der Waals surface area contributed by atoms with Gasteiger partial charge in [0.1, 0.15) is 11.5 Å². The topological polar surface area (TPSA) is 78.9 Å². The lowest BCUT2D eigenvalue weighted by molar-refractivity contribution is -0.144. The van der Waals surface area contributed by atoms with Gasteiger partial charge in [-0.3, -0.25) is 9.59 Å². The molecule has 0 aliphatic carbocycles. The summed E-state index contributed by atoms with van der Waals surface area (Å²) in [5.41, 5.74) is 0.981. The molecule has 0 radical (unpaired) electrons. The molecule has 25 heavy (non-hydrogen) atoms. The summed E-state index contributed by atoms with van der Waals surface area (Å²) < 4.78 is 15.2. The highest BCUT2D eigenvalue weighted by atomic mass is 16.6. The first-order valence-corrected chi connectivity index (χ1v) is 7.56. The zero-order chi connectivity index (χ0) is 18.2. The molecule has 0 aromatic heterocycles. The molecule has 0 saturated heterocycles. The average Bonchev–Trinajstić information content (AvgIpc) is 2.64. The molecule has 130 valence electrons. The Hall–Kier alpha value is -3.15. The van der Waals surface area contributed by atoms with Gasteiger partial charge in [0.2, 0.25) is 0 Å². The van der Waals surface area contributed by atoms with E-state index in [1.807, 2.05) is 0 Å². The van der Waals surface area contributed by atoms with Crippen LogP contribution in [-0.2, 0) is 9.53 Å². The van der Waals surface area contributed by atoms with Crippen LogP contribution in [0.25, 0.3) is 0 Å². The fourth-order valence-electron chi connectivity index (χ4n) is 1.98. The van der Waals surface area contributed by atoms with Crippen LogP contribution >= 0.6 is 0 Å². The number of esters is 1. The maximum atomic E-state index is 11.9. The highest BCUT2D eigenvalue weighted by Gasteiger charge is 2.11. The van der Waals surface area contributed by atoms with E-state index in [2.05, 4.69) is 0 Å². The summed E-state index contributed by atoms with van der Waals surface area (Å²) in [4.78, 5) is 34.8. The van der Waals surface area contributed by atoms with Crippen LogP contribution in [0.4, 0.5) is 0 Å². The van der Waals surface area contributed by atoms with Crippen LogP contribution in [0.1, 0.15) is 27.6 Å². The number of ether oxygens (including phenoxy) is 3. The summed E-state index contributed by atoms with van der Waals surface area (Å²) in [5.74, 6) is 0.0449. The third kappa shape index (κ3) is 5.46. The van der Waals surface area contributed by atoms with Crippen molar-refractivity contribution < 1.29 is 28.6 Å². The van der Waals surface area contributed by atoms with Crippen LogP contribution in [0.2, 0.25) is 0 Å². The first kappa shape index (κ1) is 18.2. The molecular weight excluding hydrogens is 324 g/mol. The number of ketones is 2. The molecule has 2 aromatic rings. The Kier molecular flexibility index (Phi) is 6.28.